The fourth-order valence-corrected chi connectivity index (χ4v) is 1.19. The Kier molecular flexibility index (Phi) is 3.65. The number of carbonyl (C=O) groups is 2. The van der Waals surface area contributed by atoms with Crippen LogP contribution in [0.5, 0.6) is 0 Å². The third-order valence-corrected chi connectivity index (χ3v) is 1.82. The van der Waals surface area contributed by atoms with E-state index in [2.05, 4.69) is 9.97 Å². The van der Waals surface area contributed by atoms with E-state index in [4.69, 9.17) is 15.9 Å². The van der Waals surface area contributed by atoms with Gasteiger partial charge in [-0.2, -0.15) is 0 Å². The standard InChI is InChI=1S/C8H10N4O5/c9-6-7(10-3-11-8(6)17)12(1-4(13)14)2-5(15)16/h3H,1-2,9H2,(H,13,14)(H,15,16)(H,10,11,17). The van der Waals surface area contributed by atoms with Gasteiger partial charge in [-0.1, -0.05) is 0 Å². The van der Waals surface area contributed by atoms with Gasteiger partial charge in [0.25, 0.3) is 5.56 Å². The maximum atomic E-state index is 11.2. The van der Waals surface area contributed by atoms with Crippen LogP contribution >= 0.6 is 0 Å². The Morgan fingerprint density at radius 2 is 1.88 bits per heavy atom. The average Bonchev–Trinajstić information content (AvgIpc) is 2.19. The van der Waals surface area contributed by atoms with Crippen molar-refractivity contribution in [2.75, 3.05) is 23.7 Å². The molecule has 0 bridgehead atoms. The lowest BCUT2D eigenvalue weighted by molar-refractivity contribution is -0.136. The molecule has 1 aromatic rings. The zero-order valence-electron chi connectivity index (χ0n) is 8.58. The van der Waals surface area contributed by atoms with Crippen LogP contribution in [-0.2, 0) is 9.59 Å². The number of carboxylic acids is 2. The molecule has 0 radical (unpaired) electrons. The Morgan fingerprint density at radius 1 is 1.35 bits per heavy atom. The van der Waals surface area contributed by atoms with Crippen LogP contribution in [0.25, 0.3) is 0 Å². The van der Waals surface area contributed by atoms with Crippen LogP contribution in [0.2, 0.25) is 0 Å². The van der Waals surface area contributed by atoms with Gasteiger partial charge in [-0.15, -0.1) is 0 Å². The molecule has 1 aromatic heterocycles. The average molecular weight is 242 g/mol. The summed E-state index contributed by atoms with van der Waals surface area (Å²) >= 11 is 0. The summed E-state index contributed by atoms with van der Waals surface area (Å²) in [7, 11) is 0. The van der Waals surface area contributed by atoms with Gasteiger partial charge < -0.3 is 25.8 Å². The molecule has 0 aliphatic carbocycles. The summed E-state index contributed by atoms with van der Waals surface area (Å²) in [5.41, 5.74) is 4.42. The van der Waals surface area contributed by atoms with E-state index < -0.39 is 30.6 Å². The first-order valence-corrected chi connectivity index (χ1v) is 4.43. The Balaban J connectivity index is 3.11. The number of nitrogen functional groups attached to an aromatic ring is 1. The summed E-state index contributed by atoms with van der Waals surface area (Å²) in [6, 6.07) is 0. The van der Waals surface area contributed by atoms with E-state index in [0.29, 0.717) is 0 Å². The normalized spacial score (nSPS) is 9.88. The summed E-state index contributed by atoms with van der Waals surface area (Å²) < 4.78 is 0. The second-order valence-electron chi connectivity index (χ2n) is 3.11. The first kappa shape index (κ1) is 12.5. The van der Waals surface area contributed by atoms with E-state index in [-0.39, 0.29) is 11.5 Å². The molecule has 0 aliphatic rings. The highest BCUT2D eigenvalue weighted by Crippen LogP contribution is 2.14. The van der Waals surface area contributed by atoms with Crippen molar-refractivity contribution < 1.29 is 19.8 Å². The predicted molar refractivity (Wildman–Crippen MR) is 56.8 cm³/mol. The van der Waals surface area contributed by atoms with Crippen LogP contribution in [0.4, 0.5) is 11.5 Å². The van der Waals surface area contributed by atoms with Crippen molar-refractivity contribution in [1.82, 2.24) is 9.97 Å². The number of anilines is 2. The molecule has 0 atom stereocenters. The largest absolute Gasteiger partial charge is 0.480 e. The molecule has 9 nitrogen and oxygen atoms in total. The topological polar surface area (TPSA) is 150 Å². The molecule has 0 aromatic carbocycles. The van der Waals surface area contributed by atoms with Gasteiger partial charge in [0.1, 0.15) is 18.8 Å². The summed E-state index contributed by atoms with van der Waals surface area (Å²) in [6.45, 7) is -1.24. The highest BCUT2D eigenvalue weighted by atomic mass is 16.4. The van der Waals surface area contributed by atoms with Crippen molar-refractivity contribution in [2.45, 2.75) is 0 Å². The molecule has 0 spiro atoms. The van der Waals surface area contributed by atoms with Crippen molar-refractivity contribution in [3.05, 3.63) is 16.7 Å². The summed E-state index contributed by atoms with van der Waals surface area (Å²) in [6.07, 6.45) is 1.02. The van der Waals surface area contributed by atoms with Crippen molar-refractivity contribution in [3.63, 3.8) is 0 Å². The monoisotopic (exact) mass is 242 g/mol. The first-order valence-electron chi connectivity index (χ1n) is 4.43. The number of nitrogens with two attached hydrogens (primary N) is 1. The van der Waals surface area contributed by atoms with E-state index in [0.717, 1.165) is 11.2 Å². The first-order chi connectivity index (χ1) is 7.91. The predicted octanol–water partition coefficient (Wildman–Crippen LogP) is -1.67. The number of carboxylic acid groups (broad SMARTS) is 2. The number of H-pyrrole nitrogens is 1. The lowest BCUT2D eigenvalue weighted by Gasteiger charge is -2.19. The number of aromatic nitrogens is 2. The molecule has 0 fully saturated rings. The van der Waals surface area contributed by atoms with Crippen molar-refractivity contribution >= 4 is 23.4 Å². The minimum Gasteiger partial charge on any atom is -0.480 e. The van der Waals surface area contributed by atoms with Gasteiger partial charge in [0.2, 0.25) is 0 Å². The number of rotatable bonds is 5. The molecule has 0 amide bonds. The number of aromatic amines is 1. The van der Waals surface area contributed by atoms with Crippen LogP contribution in [0.1, 0.15) is 0 Å². The minimum atomic E-state index is -1.26. The fraction of sp³-hybridized carbons (Fsp3) is 0.250. The fourth-order valence-electron chi connectivity index (χ4n) is 1.19. The molecular formula is C8H10N4O5. The van der Waals surface area contributed by atoms with E-state index in [1.54, 1.807) is 0 Å². The van der Waals surface area contributed by atoms with Crippen LogP contribution in [-0.4, -0.2) is 45.2 Å². The minimum absolute atomic E-state index is 0.168. The van der Waals surface area contributed by atoms with Gasteiger partial charge in [-0.3, -0.25) is 14.4 Å². The molecule has 1 heterocycles. The van der Waals surface area contributed by atoms with Gasteiger partial charge in [-0.25, -0.2) is 4.98 Å². The van der Waals surface area contributed by atoms with E-state index in [1.165, 1.54) is 0 Å². The van der Waals surface area contributed by atoms with Crippen molar-refractivity contribution in [2.24, 2.45) is 0 Å². The second kappa shape index (κ2) is 4.96. The van der Waals surface area contributed by atoms with Crippen LogP contribution in [0, 0.1) is 0 Å². The SMILES string of the molecule is Nc1c(N(CC(=O)O)CC(=O)O)nc[nH]c1=O. The molecule has 0 aliphatic heterocycles. The molecular weight excluding hydrogens is 232 g/mol. The van der Waals surface area contributed by atoms with Gasteiger partial charge in [0.15, 0.2) is 5.82 Å². The quantitative estimate of drug-likeness (QED) is 0.478. The maximum absolute atomic E-state index is 11.2. The molecule has 9 heteroatoms. The third kappa shape index (κ3) is 3.19. The Morgan fingerprint density at radius 3 is 2.35 bits per heavy atom. The molecule has 1 rings (SSSR count). The molecule has 17 heavy (non-hydrogen) atoms. The number of aliphatic carboxylic acids is 2. The lowest BCUT2D eigenvalue weighted by atomic mass is 10.4. The van der Waals surface area contributed by atoms with E-state index in [1.807, 2.05) is 0 Å². The van der Waals surface area contributed by atoms with Crippen LogP contribution in [0.3, 0.4) is 0 Å². The van der Waals surface area contributed by atoms with E-state index in [9.17, 15) is 14.4 Å². The number of hydrogen-bond donors (Lipinski definition) is 4. The molecule has 0 saturated carbocycles. The van der Waals surface area contributed by atoms with Crippen LogP contribution < -0.4 is 16.2 Å². The molecule has 0 unspecified atom stereocenters. The van der Waals surface area contributed by atoms with Gasteiger partial charge in [0, 0.05) is 0 Å². The summed E-state index contributed by atoms with van der Waals surface area (Å²) in [5, 5.41) is 17.3. The maximum Gasteiger partial charge on any atom is 0.323 e. The molecule has 5 N–H and O–H groups in total. The third-order valence-electron chi connectivity index (χ3n) is 1.82. The highest BCUT2D eigenvalue weighted by Gasteiger charge is 2.18. The van der Waals surface area contributed by atoms with Crippen molar-refractivity contribution in [3.8, 4) is 0 Å². The van der Waals surface area contributed by atoms with Crippen molar-refractivity contribution in [1.29, 1.82) is 0 Å². The zero-order valence-corrected chi connectivity index (χ0v) is 8.58. The van der Waals surface area contributed by atoms with E-state index >= 15 is 0 Å². The zero-order chi connectivity index (χ0) is 13.0. The second-order valence-corrected chi connectivity index (χ2v) is 3.11. The van der Waals surface area contributed by atoms with Gasteiger partial charge in [0.05, 0.1) is 6.33 Å². The Labute approximate surface area is 94.5 Å². The Bertz CT molecular complexity index is 481. The summed E-state index contributed by atoms with van der Waals surface area (Å²) in [5.74, 6) is -2.68. The van der Waals surface area contributed by atoms with Crippen LogP contribution in [0.15, 0.2) is 11.1 Å². The summed E-state index contributed by atoms with van der Waals surface area (Å²) in [4.78, 5) is 39.1. The van der Waals surface area contributed by atoms with Gasteiger partial charge >= 0.3 is 11.9 Å². The van der Waals surface area contributed by atoms with Gasteiger partial charge in [-0.05, 0) is 0 Å². The smallest absolute Gasteiger partial charge is 0.323 e. The number of hydrogen-bond acceptors (Lipinski definition) is 6. The molecule has 92 valence electrons. The Hall–Kier alpha value is -2.58. The highest BCUT2D eigenvalue weighted by molar-refractivity contribution is 5.81. The number of nitrogens with one attached hydrogen (secondary N) is 1. The lowest BCUT2D eigenvalue weighted by Crippen LogP contribution is -2.36. The number of nitrogens with zero attached hydrogens (tertiary/aromatic N) is 2. The molecule has 0 saturated heterocycles.